The van der Waals surface area contributed by atoms with Gasteiger partial charge in [-0.3, -0.25) is 0 Å². The van der Waals surface area contributed by atoms with Gasteiger partial charge in [0.05, 0.1) is 7.11 Å². The van der Waals surface area contributed by atoms with Gasteiger partial charge in [-0.1, -0.05) is 25.0 Å². The smallest absolute Gasteiger partial charge is 0.118 e. The summed E-state index contributed by atoms with van der Waals surface area (Å²) in [6, 6.07) is 8.68. The Morgan fingerprint density at radius 1 is 1.25 bits per heavy atom. The number of methoxy groups -OCH3 is 1. The first-order valence-electron chi connectivity index (χ1n) is 7.65. The quantitative estimate of drug-likeness (QED) is 0.805. The first kappa shape index (κ1) is 15.3. The van der Waals surface area contributed by atoms with Gasteiger partial charge in [0.25, 0.3) is 0 Å². The van der Waals surface area contributed by atoms with E-state index in [1.54, 1.807) is 7.11 Å². The van der Waals surface area contributed by atoms with Crippen molar-refractivity contribution in [3.63, 3.8) is 0 Å². The van der Waals surface area contributed by atoms with Crippen LogP contribution < -0.4 is 10.1 Å². The molecular weight excluding hydrogens is 250 g/mol. The number of aliphatic hydroxyl groups excluding tert-OH is 1. The molecular formula is C17H27NO2. The summed E-state index contributed by atoms with van der Waals surface area (Å²) in [5, 5.41) is 13.2. The lowest BCUT2D eigenvalue weighted by atomic mass is 9.87. The Morgan fingerprint density at radius 3 is 2.45 bits per heavy atom. The number of benzene rings is 1. The van der Waals surface area contributed by atoms with Gasteiger partial charge in [0.15, 0.2) is 0 Å². The second-order valence-corrected chi connectivity index (χ2v) is 6.20. The van der Waals surface area contributed by atoms with Crippen LogP contribution in [0.25, 0.3) is 0 Å². The summed E-state index contributed by atoms with van der Waals surface area (Å²) >= 11 is 0. The number of hydrogen-bond donors (Lipinski definition) is 2. The van der Waals surface area contributed by atoms with Crippen molar-refractivity contribution in [2.75, 3.05) is 20.3 Å². The molecule has 0 bridgehead atoms. The predicted octanol–water partition coefficient (Wildman–Crippen LogP) is 2.77. The van der Waals surface area contributed by atoms with Gasteiger partial charge in [-0.2, -0.15) is 0 Å². The molecule has 0 aliphatic heterocycles. The highest BCUT2D eigenvalue weighted by Crippen LogP contribution is 2.37. The molecule has 3 heteroatoms. The van der Waals surface area contributed by atoms with Crippen LogP contribution in [0.1, 0.15) is 38.2 Å². The van der Waals surface area contributed by atoms with Gasteiger partial charge >= 0.3 is 0 Å². The third kappa shape index (κ3) is 3.97. The third-order valence-electron chi connectivity index (χ3n) is 4.53. The van der Waals surface area contributed by atoms with Crippen LogP contribution in [-0.4, -0.2) is 31.4 Å². The summed E-state index contributed by atoms with van der Waals surface area (Å²) in [5.41, 5.74) is 1.45. The number of ether oxygens (including phenoxy) is 1. The Bertz CT molecular complexity index is 396. The molecule has 1 aliphatic carbocycles. The molecule has 2 rings (SSSR count). The fraction of sp³-hybridized carbons (Fsp3) is 0.647. The van der Waals surface area contributed by atoms with Gasteiger partial charge in [0.1, 0.15) is 5.75 Å². The van der Waals surface area contributed by atoms with Crippen molar-refractivity contribution in [1.29, 1.82) is 0 Å². The molecule has 0 spiro atoms. The van der Waals surface area contributed by atoms with Crippen molar-refractivity contribution in [1.82, 2.24) is 5.32 Å². The second kappa shape index (κ2) is 7.09. The van der Waals surface area contributed by atoms with Gasteiger partial charge in [-0.25, -0.2) is 0 Å². The molecule has 0 saturated heterocycles. The van der Waals surface area contributed by atoms with E-state index in [-0.39, 0.29) is 5.41 Å². The van der Waals surface area contributed by atoms with Crippen LogP contribution in [0.2, 0.25) is 0 Å². The summed E-state index contributed by atoms with van der Waals surface area (Å²) in [7, 11) is 1.69. The second-order valence-electron chi connectivity index (χ2n) is 6.20. The van der Waals surface area contributed by atoms with Crippen LogP contribution in [0.15, 0.2) is 24.3 Å². The lowest BCUT2D eigenvalue weighted by Gasteiger charge is -2.28. The molecule has 0 heterocycles. The fourth-order valence-electron chi connectivity index (χ4n) is 3.09. The lowest BCUT2D eigenvalue weighted by molar-refractivity contribution is 0.125. The zero-order valence-corrected chi connectivity index (χ0v) is 12.7. The van der Waals surface area contributed by atoms with Crippen molar-refractivity contribution in [2.45, 2.75) is 45.1 Å². The Labute approximate surface area is 122 Å². The highest BCUT2D eigenvalue weighted by Gasteiger charge is 2.33. The summed E-state index contributed by atoms with van der Waals surface area (Å²) < 4.78 is 5.17. The first-order chi connectivity index (χ1) is 9.67. The molecule has 112 valence electrons. The maximum Gasteiger partial charge on any atom is 0.118 e. The summed E-state index contributed by atoms with van der Waals surface area (Å²) in [5.74, 6) is 0.902. The standard InChI is InChI=1S/C17H27NO2/c1-14(11-15-5-7-16(20-2)8-6-15)18-12-17(13-19)9-3-4-10-17/h5-8,14,18-19H,3-4,9-13H2,1-2H3. The monoisotopic (exact) mass is 277 g/mol. The third-order valence-corrected chi connectivity index (χ3v) is 4.53. The minimum Gasteiger partial charge on any atom is -0.497 e. The Balaban J connectivity index is 1.80. The largest absolute Gasteiger partial charge is 0.497 e. The minimum absolute atomic E-state index is 0.133. The van der Waals surface area contributed by atoms with Crippen molar-refractivity contribution < 1.29 is 9.84 Å². The van der Waals surface area contributed by atoms with E-state index in [2.05, 4.69) is 24.4 Å². The van der Waals surface area contributed by atoms with Gasteiger partial charge in [-0.05, 0) is 43.9 Å². The zero-order chi connectivity index (χ0) is 14.4. The Hall–Kier alpha value is -1.06. The fourth-order valence-corrected chi connectivity index (χ4v) is 3.09. The van der Waals surface area contributed by atoms with Crippen LogP contribution in [0.3, 0.4) is 0 Å². The predicted molar refractivity (Wildman–Crippen MR) is 82.1 cm³/mol. The Morgan fingerprint density at radius 2 is 1.90 bits per heavy atom. The van der Waals surface area contributed by atoms with E-state index in [0.717, 1.165) is 31.6 Å². The van der Waals surface area contributed by atoms with Crippen LogP contribution in [-0.2, 0) is 6.42 Å². The summed E-state index contributed by atoms with van der Waals surface area (Å²) in [4.78, 5) is 0. The minimum atomic E-state index is 0.133. The van der Waals surface area contributed by atoms with E-state index in [9.17, 15) is 5.11 Å². The van der Waals surface area contributed by atoms with Crippen LogP contribution >= 0.6 is 0 Å². The molecule has 1 unspecified atom stereocenters. The molecule has 1 fully saturated rings. The molecule has 0 radical (unpaired) electrons. The van der Waals surface area contributed by atoms with Crippen molar-refractivity contribution in [2.24, 2.45) is 5.41 Å². The van der Waals surface area contributed by atoms with Gasteiger partial charge in [-0.15, -0.1) is 0 Å². The van der Waals surface area contributed by atoms with E-state index in [1.807, 2.05) is 12.1 Å². The average Bonchev–Trinajstić information content (AvgIpc) is 2.95. The average molecular weight is 277 g/mol. The molecule has 1 aromatic carbocycles. The normalized spacial score (nSPS) is 18.9. The van der Waals surface area contributed by atoms with Crippen LogP contribution in [0.4, 0.5) is 0 Å². The van der Waals surface area contributed by atoms with Crippen LogP contribution in [0, 0.1) is 5.41 Å². The van der Waals surface area contributed by atoms with Crippen LogP contribution in [0.5, 0.6) is 5.75 Å². The van der Waals surface area contributed by atoms with Gasteiger partial charge in [0, 0.05) is 24.6 Å². The molecule has 2 N–H and O–H groups in total. The van der Waals surface area contributed by atoms with E-state index in [4.69, 9.17) is 4.74 Å². The van der Waals surface area contributed by atoms with E-state index in [0.29, 0.717) is 12.6 Å². The van der Waals surface area contributed by atoms with Gasteiger partial charge in [0.2, 0.25) is 0 Å². The molecule has 1 saturated carbocycles. The summed E-state index contributed by atoms with van der Waals surface area (Å²) in [6.45, 7) is 3.46. The molecule has 1 atom stereocenters. The lowest BCUT2D eigenvalue weighted by Crippen LogP contribution is -2.40. The number of nitrogens with one attached hydrogen (secondary N) is 1. The van der Waals surface area contributed by atoms with E-state index in [1.165, 1.54) is 18.4 Å². The number of rotatable bonds is 7. The summed E-state index contributed by atoms with van der Waals surface area (Å²) in [6.07, 6.45) is 5.84. The van der Waals surface area contributed by atoms with Crippen molar-refractivity contribution in [3.8, 4) is 5.75 Å². The van der Waals surface area contributed by atoms with E-state index < -0.39 is 0 Å². The first-order valence-corrected chi connectivity index (χ1v) is 7.65. The highest BCUT2D eigenvalue weighted by atomic mass is 16.5. The maximum atomic E-state index is 9.62. The van der Waals surface area contributed by atoms with Crippen molar-refractivity contribution >= 4 is 0 Å². The molecule has 3 nitrogen and oxygen atoms in total. The molecule has 1 aliphatic rings. The number of hydrogen-bond acceptors (Lipinski definition) is 3. The molecule has 0 aromatic heterocycles. The maximum absolute atomic E-state index is 9.62. The topological polar surface area (TPSA) is 41.5 Å². The zero-order valence-electron chi connectivity index (χ0n) is 12.7. The van der Waals surface area contributed by atoms with E-state index >= 15 is 0 Å². The molecule has 0 amide bonds. The number of aliphatic hydroxyl groups is 1. The van der Waals surface area contributed by atoms with Crippen molar-refractivity contribution in [3.05, 3.63) is 29.8 Å². The highest BCUT2D eigenvalue weighted by molar-refractivity contribution is 5.27. The SMILES string of the molecule is COc1ccc(CC(C)NCC2(CO)CCCC2)cc1. The molecule has 1 aromatic rings. The Kier molecular flexibility index (Phi) is 5.44. The molecule has 20 heavy (non-hydrogen) atoms. The van der Waals surface area contributed by atoms with Gasteiger partial charge < -0.3 is 15.2 Å².